The van der Waals surface area contributed by atoms with Crippen molar-refractivity contribution in [2.45, 2.75) is 0 Å². The average Bonchev–Trinajstić information content (AvgIpc) is 2.69. The Morgan fingerprint density at radius 3 is 1.69 bits per heavy atom. The van der Waals surface area contributed by atoms with Gasteiger partial charge in [-0.3, -0.25) is 0 Å². The van der Waals surface area contributed by atoms with E-state index in [2.05, 4.69) is 15.0 Å². The van der Waals surface area contributed by atoms with Crippen LogP contribution in [0.25, 0.3) is 28.7 Å². The highest BCUT2D eigenvalue weighted by atomic mass is 35.5. The first-order chi connectivity index (χ1) is 12.3. The molecule has 0 aliphatic carbocycles. The molecule has 2 heterocycles. The van der Waals surface area contributed by atoms with Crippen molar-refractivity contribution in [3.05, 3.63) is 85.2 Å². The van der Waals surface area contributed by atoms with Gasteiger partial charge in [0.1, 0.15) is 0 Å². The maximum atomic E-state index is 11.7. The summed E-state index contributed by atoms with van der Waals surface area (Å²) >= 11 is 0. The van der Waals surface area contributed by atoms with Crippen molar-refractivity contribution >= 4 is 12.4 Å². The highest BCUT2D eigenvalue weighted by molar-refractivity contribution is 5.85. The Balaban J connectivity index is 0.00000196. The quantitative estimate of drug-likeness (QED) is 0.525. The van der Waals surface area contributed by atoms with Gasteiger partial charge in [-0.15, -0.1) is 12.4 Å². The summed E-state index contributed by atoms with van der Waals surface area (Å²) in [6, 6.07) is 22.6. The minimum Gasteiger partial charge on any atom is -0.871 e. The lowest BCUT2D eigenvalue weighted by Gasteiger charge is -2.05. The average molecular weight is 363 g/mol. The van der Waals surface area contributed by atoms with Crippen molar-refractivity contribution in [3.63, 3.8) is 0 Å². The van der Waals surface area contributed by atoms with Crippen LogP contribution in [0.15, 0.2) is 85.2 Å². The van der Waals surface area contributed by atoms with Gasteiger partial charge in [0.15, 0.2) is 0 Å². The predicted octanol–water partition coefficient (Wildman–Crippen LogP) is 2.98. The van der Waals surface area contributed by atoms with Gasteiger partial charge in [0.25, 0.3) is 0 Å². The number of aromatic nitrogens is 4. The zero-order chi connectivity index (χ0) is 17.1. The summed E-state index contributed by atoms with van der Waals surface area (Å²) in [4.78, 5) is 13.7. The molecule has 0 unspecified atom stereocenters. The Morgan fingerprint density at radius 1 is 0.654 bits per heavy atom. The van der Waals surface area contributed by atoms with Crippen molar-refractivity contribution in [2.24, 2.45) is 0 Å². The van der Waals surface area contributed by atoms with E-state index in [1.807, 2.05) is 60.7 Å². The van der Waals surface area contributed by atoms with Gasteiger partial charge in [-0.2, -0.15) is 4.98 Å². The van der Waals surface area contributed by atoms with Crippen LogP contribution in [0.5, 0.6) is 5.75 Å². The summed E-state index contributed by atoms with van der Waals surface area (Å²) < 4.78 is 1.61. The van der Waals surface area contributed by atoms with E-state index in [1.165, 1.54) is 12.3 Å². The fourth-order valence-electron chi connectivity index (χ4n) is 2.49. The number of pyridine rings is 1. The van der Waals surface area contributed by atoms with E-state index in [0.29, 0.717) is 17.6 Å². The first-order valence-electron chi connectivity index (χ1n) is 7.85. The molecule has 0 bridgehead atoms. The van der Waals surface area contributed by atoms with Crippen LogP contribution in [0.1, 0.15) is 0 Å². The molecule has 0 atom stereocenters. The summed E-state index contributed by atoms with van der Waals surface area (Å²) in [6.07, 6.45) is 3.21. The molecule has 4 aromatic rings. The predicted molar refractivity (Wildman–Crippen MR) is 98.9 cm³/mol. The molecule has 26 heavy (non-hydrogen) atoms. The molecule has 0 aliphatic heterocycles. The normalized spacial score (nSPS) is 10.2. The molecule has 0 radical (unpaired) electrons. The first-order valence-corrected chi connectivity index (χ1v) is 7.85. The number of halogens is 1. The highest BCUT2D eigenvalue weighted by Crippen LogP contribution is 2.20. The van der Waals surface area contributed by atoms with E-state index < -0.39 is 0 Å². The van der Waals surface area contributed by atoms with Crippen molar-refractivity contribution in [3.8, 4) is 34.5 Å². The topological polar surface area (TPSA) is 65.6 Å². The van der Waals surface area contributed by atoms with Crippen molar-refractivity contribution in [2.75, 3.05) is 0 Å². The Morgan fingerprint density at radius 2 is 1.19 bits per heavy atom. The van der Waals surface area contributed by atoms with Gasteiger partial charge < -0.3 is 5.11 Å². The van der Waals surface area contributed by atoms with Gasteiger partial charge in [0, 0.05) is 11.1 Å². The lowest BCUT2D eigenvalue weighted by atomic mass is 10.2. The van der Waals surface area contributed by atoms with E-state index in [4.69, 9.17) is 0 Å². The number of benzene rings is 2. The first kappa shape index (κ1) is 17.5. The second-order valence-electron chi connectivity index (χ2n) is 5.46. The van der Waals surface area contributed by atoms with E-state index in [9.17, 15) is 5.11 Å². The van der Waals surface area contributed by atoms with E-state index in [-0.39, 0.29) is 18.2 Å². The fraction of sp³-hybridized carbons (Fsp3) is 0. The van der Waals surface area contributed by atoms with E-state index in [0.717, 1.165) is 11.1 Å². The minimum absolute atomic E-state index is 0. The van der Waals surface area contributed by atoms with Gasteiger partial charge in [0.05, 0.1) is 12.4 Å². The lowest BCUT2D eigenvalue weighted by Crippen LogP contribution is -2.33. The molecule has 5 nitrogen and oxygen atoms in total. The molecule has 128 valence electrons. The molecular formula is C20H15ClN4O. The largest absolute Gasteiger partial charge is 0.871 e. The zero-order valence-electron chi connectivity index (χ0n) is 13.7. The number of rotatable bonds is 3. The van der Waals surface area contributed by atoms with Crippen molar-refractivity contribution in [1.82, 2.24) is 15.0 Å². The van der Waals surface area contributed by atoms with Gasteiger partial charge in [0.2, 0.25) is 11.6 Å². The summed E-state index contributed by atoms with van der Waals surface area (Å²) in [7, 11) is 0. The molecule has 0 saturated carbocycles. The van der Waals surface area contributed by atoms with Gasteiger partial charge in [-0.05, 0) is 40.3 Å². The van der Waals surface area contributed by atoms with Crippen molar-refractivity contribution in [1.29, 1.82) is 0 Å². The fourth-order valence-corrected chi connectivity index (χ4v) is 2.49. The van der Waals surface area contributed by atoms with Crippen LogP contribution < -0.4 is 9.67 Å². The minimum atomic E-state index is -0.106. The molecule has 0 N–H and O–H groups in total. The Bertz CT molecular complexity index is 953. The SMILES string of the molecule is Cl.[O-]c1ccc[n+](-c2nc(-c3ccccc3)nc(-c3ccccc3)n2)c1. The zero-order valence-corrected chi connectivity index (χ0v) is 14.5. The third-order valence-electron chi connectivity index (χ3n) is 3.69. The Hall–Kier alpha value is -3.31. The monoisotopic (exact) mass is 362 g/mol. The van der Waals surface area contributed by atoms with E-state index in [1.54, 1.807) is 16.8 Å². The third-order valence-corrected chi connectivity index (χ3v) is 3.69. The maximum Gasteiger partial charge on any atom is 0.441 e. The Kier molecular flexibility index (Phi) is 5.20. The number of hydrogen-bond acceptors (Lipinski definition) is 4. The molecule has 0 aliphatic rings. The van der Waals surface area contributed by atoms with Gasteiger partial charge >= 0.3 is 5.95 Å². The Labute approximate surface area is 157 Å². The van der Waals surface area contributed by atoms with Crippen LogP contribution >= 0.6 is 12.4 Å². The molecule has 6 heteroatoms. The lowest BCUT2D eigenvalue weighted by molar-refractivity contribution is -0.607. The van der Waals surface area contributed by atoms with Gasteiger partial charge in [-0.1, -0.05) is 48.2 Å². The highest BCUT2D eigenvalue weighted by Gasteiger charge is 2.19. The van der Waals surface area contributed by atoms with Crippen LogP contribution in [0, 0.1) is 0 Å². The number of nitrogens with zero attached hydrogens (tertiary/aromatic N) is 4. The summed E-state index contributed by atoms with van der Waals surface area (Å²) in [5.41, 5.74) is 1.78. The number of hydrogen-bond donors (Lipinski definition) is 0. The third kappa shape index (κ3) is 3.68. The van der Waals surface area contributed by atoms with Crippen molar-refractivity contribution < 1.29 is 9.67 Å². The summed E-state index contributed by atoms with van der Waals surface area (Å²) in [6.45, 7) is 0. The molecule has 0 fully saturated rings. The smallest absolute Gasteiger partial charge is 0.441 e. The molecule has 0 amide bonds. The standard InChI is InChI=1S/C20H14N4O.ClH/c25-17-12-7-13-24(14-17)20-22-18(15-8-3-1-4-9-15)21-19(23-20)16-10-5-2-6-11-16;/h1-14H;1H. The van der Waals surface area contributed by atoms with Crippen LogP contribution in [0.2, 0.25) is 0 Å². The summed E-state index contributed by atoms with van der Waals surface area (Å²) in [5.74, 6) is 1.43. The molecule has 4 rings (SSSR count). The molecular weight excluding hydrogens is 348 g/mol. The molecule has 0 spiro atoms. The molecule has 2 aromatic heterocycles. The van der Waals surface area contributed by atoms with Crippen LogP contribution in [-0.4, -0.2) is 15.0 Å². The second kappa shape index (κ2) is 7.72. The van der Waals surface area contributed by atoms with E-state index >= 15 is 0 Å². The summed E-state index contributed by atoms with van der Waals surface area (Å²) in [5, 5.41) is 11.7. The molecule has 0 saturated heterocycles. The second-order valence-corrected chi connectivity index (χ2v) is 5.46. The van der Waals surface area contributed by atoms with Crippen LogP contribution in [0.3, 0.4) is 0 Å². The van der Waals surface area contributed by atoms with Crippen LogP contribution in [0.4, 0.5) is 0 Å². The molecule has 2 aromatic carbocycles. The van der Waals surface area contributed by atoms with Crippen LogP contribution in [-0.2, 0) is 0 Å². The van der Waals surface area contributed by atoms with Gasteiger partial charge in [-0.25, -0.2) is 4.57 Å². The maximum absolute atomic E-state index is 11.7.